The van der Waals surface area contributed by atoms with E-state index >= 15 is 0 Å². The monoisotopic (exact) mass is 137 g/mol. The molecule has 0 radical (unpaired) electrons. The Balaban J connectivity index is 2.92. The van der Waals surface area contributed by atoms with E-state index in [2.05, 4.69) is 0 Å². The molecule has 0 spiro atoms. The fourth-order valence-corrected chi connectivity index (χ4v) is 0.731. The van der Waals surface area contributed by atoms with Gasteiger partial charge in [-0.15, -0.1) is 11.6 Å². The van der Waals surface area contributed by atoms with E-state index < -0.39 is 0 Å². The minimum absolute atomic E-state index is 0.0810. The van der Waals surface area contributed by atoms with Crippen molar-refractivity contribution >= 4 is 11.6 Å². The molecule has 0 aromatic heterocycles. The van der Waals surface area contributed by atoms with Crippen molar-refractivity contribution in [1.82, 2.24) is 0 Å². The molecule has 3 heteroatoms. The quantitative estimate of drug-likeness (QED) is 0.549. The Hall–Kier alpha value is 0.210. The number of aliphatic hydroxyl groups is 1. The van der Waals surface area contributed by atoms with Gasteiger partial charge >= 0.3 is 0 Å². The Morgan fingerprint density at radius 2 is 2.12 bits per heavy atom. The van der Waals surface area contributed by atoms with Crippen LogP contribution < -0.4 is 5.73 Å². The van der Waals surface area contributed by atoms with Crippen LogP contribution in [0.3, 0.4) is 0 Å². The first-order valence-electron chi connectivity index (χ1n) is 2.73. The number of rotatable bonds is 4. The van der Waals surface area contributed by atoms with Gasteiger partial charge in [0.1, 0.15) is 0 Å². The molecule has 0 amide bonds. The van der Waals surface area contributed by atoms with Crippen molar-refractivity contribution in [3.8, 4) is 0 Å². The van der Waals surface area contributed by atoms with Crippen LogP contribution in [0.2, 0.25) is 0 Å². The van der Waals surface area contributed by atoms with Gasteiger partial charge in [0.2, 0.25) is 0 Å². The fraction of sp³-hybridized carbons (Fsp3) is 1.00. The van der Waals surface area contributed by atoms with Crippen LogP contribution in [0.1, 0.15) is 12.8 Å². The first-order valence-corrected chi connectivity index (χ1v) is 3.27. The Bertz CT molecular complexity index is 45.7. The SMILES string of the molecule is NC(CCO)CCCl. The molecule has 1 unspecified atom stereocenters. The maximum Gasteiger partial charge on any atom is 0.0445 e. The second kappa shape index (κ2) is 5.35. The smallest absolute Gasteiger partial charge is 0.0445 e. The third-order valence-electron chi connectivity index (χ3n) is 0.980. The summed E-state index contributed by atoms with van der Waals surface area (Å²) in [6.45, 7) is 0.165. The van der Waals surface area contributed by atoms with Gasteiger partial charge in [0, 0.05) is 18.5 Å². The zero-order chi connectivity index (χ0) is 6.41. The zero-order valence-electron chi connectivity index (χ0n) is 4.81. The molecule has 0 aromatic carbocycles. The summed E-state index contributed by atoms with van der Waals surface area (Å²) in [5, 5.41) is 8.34. The maximum absolute atomic E-state index is 8.34. The second-order valence-electron chi connectivity index (χ2n) is 1.75. The van der Waals surface area contributed by atoms with Gasteiger partial charge in [0.25, 0.3) is 0 Å². The number of hydrogen-bond acceptors (Lipinski definition) is 2. The molecule has 0 heterocycles. The lowest BCUT2D eigenvalue weighted by Gasteiger charge is -2.04. The van der Waals surface area contributed by atoms with E-state index in [9.17, 15) is 0 Å². The molecule has 0 rings (SSSR count). The van der Waals surface area contributed by atoms with Crippen molar-refractivity contribution in [2.45, 2.75) is 18.9 Å². The van der Waals surface area contributed by atoms with E-state index in [0.717, 1.165) is 6.42 Å². The van der Waals surface area contributed by atoms with Crippen molar-refractivity contribution in [2.24, 2.45) is 5.73 Å². The van der Waals surface area contributed by atoms with Crippen LogP contribution in [0.4, 0.5) is 0 Å². The average Bonchev–Trinajstić information content (AvgIpc) is 1.68. The summed E-state index contributed by atoms with van der Waals surface area (Å²) in [5.74, 6) is 0.584. The van der Waals surface area contributed by atoms with E-state index in [1.165, 1.54) is 0 Å². The van der Waals surface area contributed by atoms with Gasteiger partial charge in [-0.3, -0.25) is 0 Å². The highest BCUT2D eigenvalue weighted by molar-refractivity contribution is 6.17. The average molecular weight is 138 g/mol. The Kier molecular flexibility index (Phi) is 5.49. The topological polar surface area (TPSA) is 46.2 Å². The van der Waals surface area contributed by atoms with Gasteiger partial charge in [0.05, 0.1) is 0 Å². The summed E-state index contributed by atoms with van der Waals surface area (Å²) in [6, 6.07) is 0.0810. The van der Waals surface area contributed by atoms with Gasteiger partial charge in [0.15, 0.2) is 0 Å². The van der Waals surface area contributed by atoms with E-state index in [-0.39, 0.29) is 12.6 Å². The Labute approximate surface area is 54.6 Å². The van der Waals surface area contributed by atoms with Crippen molar-refractivity contribution < 1.29 is 5.11 Å². The molecular formula is C5H12ClNO. The molecule has 1 atom stereocenters. The lowest BCUT2D eigenvalue weighted by atomic mass is 10.2. The van der Waals surface area contributed by atoms with Crippen LogP contribution >= 0.6 is 11.6 Å². The van der Waals surface area contributed by atoms with Crippen LogP contribution in [0, 0.1) is 0 Å². The number of nitrogens with two attached hydrogens (primary N) is 1. The van der Waals surface area contributed by atoms with Crippen LogP contribution in [0.15, 0.2) is 0 Å². The third-order valence-corrected chi connectivity index (χ3v) is 1.20. The minimum atomic E-state index is 0.0810. The Morgan fingerprint density at radius 1 is 1.50 bits per heavy atom. The summed E-state index contributed by atoms with van der Waals surface area (Å²) in [7, 11) is 0. The lowest BCUT2D eigenvalue weighted by Crippen LogP contribution is -2.21. The highest BCUT2D eigenvalue weighted by Crippen LogP contribution is 1.94. The second-order valence-corrected chi connectivity index (χ2v) is 2.13. The van der Waals surface area contributed by atoms with Crippen LogP contribution in [0.5, 0.6) is 0 Å². The first kappa shape index (κ1) is 8.21. The van der Waals surface area contributed by atoms with Gasteiger partial charge in [-0.1, -0.05) is 0 Å². The standard InChI is InChI=1S/C5H12ClNO/c6-3-1-5(7)2-4-8/h5,8H,1-4,7H2. The van der Waals surface area contributed by atoms with Crippen LogP contribution in [-0.4, -0.2) is 23.6 Å². The van der Waals surface area contributed by atoms with Crippen LogP contribution in [-0.2, 0) is 0 Å². The predicted molar refractivity (Wildman–Crippen MR) is 35.0 cm³/mol. The summed E-state index contributed by atoms with van der Waals surface area (Å²) in [5.41, 5.74) is 5.45. The zero-order valence-corrected chi connectivity index (χ0v) is 5.56. The molecule has 0 aromatic rings. The molecule has 0 bridgehead atoms. The van der Waals surface area contributed by atoms with Crippen molar-refractivity contribution in [3.63, 3.8) is 0 Å². The lowest BCUT2D eigenvalue weighted by molar-refractivity contribution is 0.274. The predicted octanol–water partition coefficient (Wildman–Crippen LogP) is 0.325. The maximum atomic E-state index is 8.34. The van der Waals surface area contributed by atoms with E-state index in [1.807, 2.05) is 0 Å². The van der Waals surface area contributed by atoms with Crippen LogP contribution in [0.25, 0.3) is 0 Å². The molecule has 0 aliphatic rings. The third kappa shape index (κ3) is 4.37. The summed E-state index contributed by atoms with van der Waals surface area (Å²) in [4.78, 5) is 0. The number of halogens is 1. The van der Waals surface area contributed by atoms with E-state index in [4.69, 9.17) is 22.4 Å². The number of hydrogen-bond donors (Lipinski definition) is 2. The van der Waals surface area contributed by atoms with Crippen molar-refractivity contribution in [3.05, 3.63) is 0 Å². The minimum Gasteiger partial charge on any atom is -0.396 e. The molecule has 0 fully saturated rings. The van der Waals surface area contributed by atoms with Gasteiger partial charge < -0.3 is 10.8 Å². The summed E-state index contributed by atoms with van der Waals surface area (Å²) >= 11 is 5.37. The largest absolute Gasteiger partial charge is 0.396 e. The van der Waals surface area contributed by atoms with Gasteiger partial charge in [-0.25, -0.2) is 0 Å². The molecule has 50 valence electrons. The summed E-state index contributed by atoms with van der Waals surface area (Å²) < 4.78 is 0. The first-order chi connectivity index (χ1) is 3.81. The Morgan fingerprint density at radius 3 is 2.50 bits per heavy atom. The fourth-order valence-electron chi connectivity index (χ4n) is 0.450. The molecule has 3 N–H and O–H groups in total. The molecule has 2 nitrogen and oxygen atoms in total. The van der Waals surface area contributed by atoms with E-state index in [1.54, 1.807) is 0 Å². The highest BCUT2D eigenvalue weighted by Gasteiger charge is 1.97. The normalized spacial score (nSPS) is 13.9. The van der Waals surface area contributed by atoms with Gasteiger partial charge in [-0.05, 0) is 12.8 Å². The number of aliphatic hydroxyl groups excluding tert-OH is 1. The highest BCUT2D eigenvalue weighted by atomic mass is 35.5. The molecule has 0 aliphatic carbocycles. The number of alkyl halides is 1. The molecule has 0 saturated carbocycles. The molecule has 0 saturated heterocycles. The molecular weight excluding hydrogens is 126 g/mol. The van der Waals surface area contributed by atoms with Gasteiger partial charge in [-0.2, -0.15) is 0 Å². The molecule has 8 heavy (non-hydrogen) atoms. The van der Waals surface area contributed by atoms with E-state index in [0.29, 0.717) is 12.3 Å². The summed E-state index contributed by atoms with van der Waals surface area (Å²) in [6.07, 6.45) is 1.45. The molecule has 0 aliphatic heterocycles. The van der Waals surface area contributed by atoms with Crippen molar-refractivity contribution in [1.29, 1.82) is 0 Å². The van der Waals surface area contributed by atoms with Crippen molar-refractivity contribution in [2.75, 3.05) is 12.5 Å².